The van der Waals surface area contributed by atoms with Crippen molar-refractivity contribution in [2.24, 2.45) is 0 Å². The molecule has 0 N–H and O–H groups in total. The van der Waals surface area contributed by atoms with Crippen LogP contribution in [0, 0.1) is 6.92 Å². The van der Waals surface area contributed by atoms with Gasteiger partial charge in [-0.15, -0.1) is 0 Å². The highest BCUT2D eigenvalue weighted by molar-refractivity contribution is 5.07. The Morgan fingerprint density at radius 3 is 2.05 bits per heavy atom. The zero-order valence-corrected chi connectivity index (χ0v) is 13.4. The summed E-state index contributed by atoms with van der Waals surface area (Å²) in [5.74, 6) is 0. The van der Waals surface area contributed by atoms with Crippen LogP contribution >= 0.6 is 0 Å². The molecule has 0 saturated carbocycles. The average molecular weight is 277 g/mol. The first-order valence-corrected chi connectivity index (χ1v) is 8.41. The van der Waals surface area contributed by atoms with Gasteiger partial charge in [-0.1, -0.05) is 70.8 Å². The minimum atomic E-state index is 0.170. The third-order valence-corrected chi connectivity index (χ3v) is 3.96. The Labute approximate surface area is 124 Å². The van der Waals surface area contributed by atoms with Gasteiger partial charge in [0.05, 0.1) is 0 Å². The molecule has 20 heavy (non-hydrogen) atoms. The zero-order chi connectivity index (χ0) is 14.6. The Kier molecular flexibility index (Phi) is 9.10. The van der Waals surface area contributed by atoms with Crippen LogP contribution in [0.2, 0.25) is 0 Å². The normalized spacial score (nSPS) is 10.9. The van der Waals surface area contributed by atoms with Crippen LogP contribution in [-0.4, -0.2) is 4.57 Å². The summed E-state index contributed by atoms with van der Waals surface area (Å²) in [6.45, 7) is 5.02. The molecule has 0 radical (unpaired) electrons. The van der Waals surface area contributed by atoms with Crippen LogP contribution in [0.3, 0.4) is 0 Å². The Morgan fingerprint density at radius 2 is 1.45 bits per heavy atom. The molecule has 1 aromatic heterocycles. The minimum absolute atomic E-state index is 0.170. The summed E-state index contributed by atoms with van der Waals surface area (Å²) in [7, 11) is 0. The van der Waals surface area contributed by atoms with Crippen molar-refractivity contribution in [2.75, 3.05) is 0 Å². The lowest BCUT2D eigenvalue weighted by Crippen LogP contribution is -2.21. The Hall–Kier alpha value is -1.05. The summed E-state index contributed by atoms with van der Waals surface area (Å²) in [6.07, 6.45) is 15.3. The maximum absolute atomic E-state index is 11.8. The van der Waals surface area contributed by atoms with Crippen LogP contribution in [0.1, 0.15) is 76.7 Å². The fraction of sp³-hybridized carbons (Fsp3) is 0.722. The van der Waals surface area contributed by atoms with Crippen LogP contribution in [0.25, 0.3) is 0 Å². The van der Waals surface area contributed by atoms with Gasteiger partial charge in [-0.05, 0) is 19.4 Å². The van der Waals surface area contributed by atoms with Crippen LogP contribution in [0.4, 0.5) is 0 Å². The van der Waals surface area contributed by atoms with Crippen molar-refractivity contribution in [2.45, 2.75) is 84.6 Å². The fourth-order valence-electron chi connectivity index (χ4n) is 2.60. The molecular formula is C18H31NO. The maximum Gasteiger partial charge on any atom is 0.253 e. The second-order valence-corrected chi connectivity index (χ2v) is 5.87. The van der Waals surface area contributed by atoms with Crippen molar-refractivity contribution < 1.29 is 0 Å². The number of unbranched alkanes of at least 4 members (excludes halogenated alkanes) is 9. The first-order valence-electron chi connectivity index (χ1n) is 8.41. The molecule has 0 aliphatic carbocycles. The molecule has 0 spiro atoms. The molecule has 114 valence electrons. The molecule has 2 heteroatoms. The molecule has 1 heterocycles. The Balaban J connectivity index is 2.00. The van der Waals surface area contributed by atoms with Crippen molar-refractivity contribution in [3.63, 3.8) is 0 Å². The van der Waals surface area contributed by atoms with E-state index in [4.69, 9.17) is 0 Å². The monoisotopic (exact) mass is 277 g/mol. The van der Waals surface area contributed by atoms with E-state index < -0.39 is 0 Å². The molecule has 1 aromatic rings. The van der Waals surface area contributed by atoms with Gasteiger partial charge in [0, 0.05) is 18.3 Å². The molecule has 0 aliphatic rings. The summed E-state index contributed by atoms with van der Waals surface area (Å²) >= 11 is 0. The second kappa shape index (κ2) is 10.7. The van der Waals surface area contributed by atoms with E-state index in [0.29, 0.717) is 0 Å². The number of pyridine rings is 1. The van der Waals surface area contributed by atoms with Gasteiger partial charge in [0.2, 0.25) is 0 Å². The lowest BCUT2D eigenvalue weighted by atomic mass is 10.1. The van der Waals surface area contributed by atoms with Crippen LogP contribution < -0.4 is 5.56 Å². The van der Waals surface area contributed by atoms with Crippen molar-refractivity contribution in [1.82, 2.24) is 4.57 Å². The number of nitrogens with zero attached hydrogens (tertiary/aromatic N) is 1. The Bertz CT molecular complexity index is 408. The van der Waals surface area contributed by atoms with E-state index in [1.165, 1.54) is 57.8 Å². The van der Waals surface area contributed by atoms with Gasteiger partial charge in [0.25, 0.3) is 5.56 Å². The van der Waals surface area contributed by atoms with Gasteiger partial charge < -0.3 is 4.57 Å². The predicted octanol–water partition coefficient (Wildman–Crippen LogP) is 5.08. The SMILES string of the molecule is CCCCCCCCCCCCn1cccc(C)c1=O. The topological polar surface area (TPSA) is 22.0 Å². The van der Waals surface area contributed by atoms with Gasteiger partial charge in [-0.25, -0.2) is 0 Å². The molecule has 0 aromatic carbocycles. The first-order chi connectivity index (χ1) is 9.75. The highest BCUT2D eigenvalue weighted by Gasteiger charge is 1.98. The van der Waals surface area contributed by atoms with E-state index in [1.54, 1.807) is 0 Å². The number of hydrogen-bond donors (Lipinski definition) is 0. The van der Waals surface area contributed by atoms with Gasteiger partial charge in [-0.2, -0.15) is 0 Å². The highest BCUT2D eigenvalue weighted by atomic mass is 16.1. The number of aromatic nitrogens is 1. The van der Waals surface area contributed by atoms with Gasteiger partial charge >= 0.3 is 0 Å². The van der Waals surface area contributed by atoms with Crippen molar-refractivity contribution in [1.29, 1.82) is 0 Å². The van der Waals surface area contributed by atoms with Crippen LogP contribution in [0.5, 0.6) is 0 Å². The fourth-order valence-corrected chi connectivity index (χ4v) is 2.60. The number of hydrogen-bond acceptors (Lipinski definition) is 1. The summed E-state index contributed by atoms with van der Waals surface area (Å²) in [5.41, 5.74) is 1.02. The lowest BCUT2D eigenvalue weighted by Gasteiger charge is -2.06. The zero-order valence-electron chi connectivity index (χ0n) is 13.4. The molecule has 0 fully saturated rings. The molecule has 0 unspecified atom stereocenters. The first kappa shape index (κ1) is 17.0. The number of aryl methyl sites for hydroxylation is 2. The van der Waals surface area contributed by atoms with E-state index in [-0.39, 0.29) is 5.56 Å². The summed E-state index contributed by atoms with van der Waals surface area (Å²) < 4.78 is 1.85. The molecule has 0 atom stereocenters. The van der Waals surface area contributed by atoms with Gasteiger partial charge in [0.15, 0.2) is 0 Å². The van der Waals surface area contributed by atoms with E-state index >= 15 is 0 Å². The second-order valence-electron chi connectivity index (χ2n) is 5.87. The predicted molar refractivity (Wildman–Crippen MR) is 87.3 cm³/mol. The van der Waals surface area contributed by atoms with Crippen LogP contribution in [0.15, 0.2) is 23.1 Å². The third kappa shape index (κ3) is 6.93. The van der Waals surface area contributed by atoms with Crippen molar-refractivity contribution >= 4 is 0 Å². The molecule has 2 nitrogen and oxygen atoms in total. The van der Waals surface area contributed by atoms with Gasteiger partial charge in [-0.3, -0.25) is 4.79 Å². The Morgan fingerprint density at radius 1 is 0.900 bits per heavy atom. The lowest BCUT2D eigenvalue weighted by molar-refractivity contribution is 0.529. The van der Waals surface area contributed by atoms with Gasteiger partial charge in [0.1, 0.15) is 0 Å². The van der Waals surface area contributed by atoms with E-state index in [9.17, 15) is 4.79 Å². The maximum atomic E-state index is 11.8. The smallest absolute Gasteiger partial charge is 0.253 e. The quantitative estimate of drug-likeness (QED) is 0.517. The standard InChI is InChI=1S/C18H31NO/c1-3-4-5-6-7-8-9-10-11-12-15-19-16-13-14-17(2)18(19)20/h13-14,16H,3-12,15H2,1-2H3. The van der Waals surface area contributed by atoms with E-state index in [1.807, 2.05) is 29.8 Å². The molecule has 0 aliphatic heterocycles. The number of rotatable bonds is 11. The molecule has 1 rings (SSSR count). The highest BCUT2D eigenvalue weighted by Crippen LogP contribution is 2.10. The van der Waals surface area contributed by atoms with Crippen molar-refractivity contribution in [3.8, 4) is 0 Å². The third-order valence-electron chi connectivity index (χ3n) is 3.96. The van der Waals surface area contributed by atoms with Crippen LogP contribution in [-0.2, 0) is 6.54 Å². The largest absolute Gasteiger partial charge is 0.315 e. The minimum Gasteiger partial charge on any atom is -0.315 e. The molecule has 0 saturated heterocycles. The molecular weight excluding hydrogens is 246 g/mol. The van der Waals surface area contributed by atoms with E-state index in [0.717, 1.165) is 18.5 Å². The van der Waals surface area contributed by atoms with E-state index in [2.05, 4.69) is 6.92 Å². The molecule has 0 bridgehead atoms. The van der Waals surface area contributed by atoms with Crippen molar-refractivity contribution in [3.05, 3.63) is 34.2 Å². The summed E-state index contributed by atoms with van der Waals surface area (Å²) in [4.78, 5) is 11.8. The summed E-state index contributed by atoms with van der Waals surface area (Å²) in [5, 5.41) is 0. The molecule has 0 amide bonds. The average Bonchev–Trinajstić information content (AvgIpc) is 2.45. The summed E-state index contributed by atoms with van der Waals surface area (Å²) in [6, 6.07) is 3.85.